The molecule has 154 valence electrons. The number of hydrogen-bond acceptors (Lipinski definition) is 3. The zero-order valence-electron chi connectivity index (χ0n) is 16.1. The summed E-state index contributed by atoms with van der Waals surface area (Å²) in [4.78, 5) is 7.77. The number of aromatic nitrogens is 1. The number of aromatic amines is 1. The molecule has 0 saturated heterocycles. The summed E-state index contributed by atoms with van der Waals surface area (Å²) in [5, 5.41) is 7.65. The Kier molecular flexibility index (Phi) is 7.18. The maximum Gasteiger partial charge on any atom is 0.231 e. The van der Waals surface area contributed by atoms with E-state index in [2.05, 4.69) is 20.6 Å². The summed E-state index contributed by atoms with van der Waals surface area (Å²) in [6.07, 6.45) is 2.74. The van der Waals surface area contributed by atoms with Gasteiger partial charge in [0.15, 0.2) is 17.5 Å². The van der Waals surface area contributed by atoms with Crippen molar-refractivity contribution in [3.8, 4) is 11.5 Å². The standard InChI is InChI=1S/C21H23FN4O2.HI/c1-2-23-21(26-11-14-3-6-19-20(9-14)28-13-27-19)24-8-7-15-12-25-18-10-16(22)4-5-17(15)18;/h3-6,9-10,12,25H,2,7-8,11,13H2,1H3,(H2,23,24,26);1H. The van der Waals surface area contributed by atoms with Crippen LogP contribution in [0.25, 0.3) is 10.9 Å². The zero-order chi connectivity index (χ0) is 19.3. The Balaban J connectivity index is 0.00000240. The van der Waals surface area contributed by atoms with Crippen molar-refractivity contribution in [2.45, 2.75) is 19.9 Å². The highest BCUT2D eigenvalue weighted by Crippen LogP contribution is 2.32. The van der Waals surface area contributed by atoms with Gasteiger partial charge in [0.2, 0.25) is 6.79 Å². The minimum Gasteiger partial charge on any atom is -0.454 e. The SMILES string of the molecule is CCNC(=NCc1ccc2c(c1)OCO2)NCCc1c[nH]c2cc(F)ccc12.I. The molecule has 3 aromatic rings. The van der Waals surface area contributed by atoms with E-state index in [1.54, 1.807) is 0 Å². The van der Waals surface area contributed by atoms with Crippen LogP contribution >= 0.6 is 24.0 Å². The van der Waals surface area contributed by atoms with E-state index < -0.39 is 0 Å². The van der Waals surface area contributed by atoms with Crippen molar-refractivity contribution < 1.29 is 13.9 Å². The van der Waals surface area contributed by atoms with Crippen molar-refractivity contribution in [3.63, 3.8) is 0 Å². The molecular formula is C21H24FIN4O2. The summed E-state index contributed by atoms with van der Waals surface area (Å²) < 4.78 is 24.1. The molecule has 6 nitrogen and oxygen atoms in total. The third-order valence-electron chi connectivity index (χ3n) is 4.62. The van der Waals surface area contributed by atoms with Crippen LogP contribution in [0.5, 0.6) is 11.5 Å². The summed E-state index contributed by atoms with van der Waals surface area (Å²) in [6.45, 7) is 4.34. The molecule has 1 aliphatic heterocycles. The average molecular weight is 510 g/mol. The molecule has 0 bridgehead atoms. The van der Waals surface area contributed by atoms with Crippen molar-refractivity contribution in [1.82, 2.24) is 15.6 Å². The zero-order valence-corrected chi connectivity index (χ0v) is 18.5. The largest absolute Gasteiger partial charge is 0.454 e. The highest BCUT2D eigenvalue weighted by molar-refractivity contribution is 14.0. The topological polar surface area (TPSA) is 70.7 Å². The van der Waals surface area contributed by atoms with Gasteiger partial charge in [0.1, 0.15) is 5.82 Å². The van der Waals surface area contributed by atoms with Gasteiger partial charge in [-0.05, 0) is 54.8 Å². The molecule has 0 atom stereocenters. The van der Waals surface area contributed by atoms with Gasteiger partial charge in [-0.2, -0.15) is 0 Å². The van der Waals surface area contributed by atoms with Gasteiger partial charge < -0.3 is 25.1 Å². The van der Waals surface area contributed by atoms with Crippen molar-refractivity contribution in [2.75, 3.05) is 19.9 Å². The lowest BCUT2D eigenvalue weighted by Crippen LogP contribution is -2.38. The predicted molar refractivity (Wildman–Crippen MR) is 123 cm³/mol. The lowest BCUT2D eigenvalue weighted by Gasteiger charge is -2.11. The Morgan fingerprint density at radius 3 is 2.86 bits per heavy atom. The fourth-order valence-corrected chi connectivity index (χ4v) is 3.23. The van der Waals surface area contributed by atoms with Gasteiger partial charge in [0.25, 0.3) is 0 Å². The number of benzene rings is 2. The number of H-pyrrole nitrogens is 1. The first-order valence-corrected chi connectivity index (χ1v) is 9.39. The number of fused-ring (bicyclic) bond motifs is 2. The molecule has 1 aromatic heterocycles. The van der Waals surface area contributed by atoms with Crippen LogP contribution < -0.4 is 20.1 Å². The molecule has 29 heavy (non-hydrogen) atoms. The van der Waals surface area contributed by atoms with E-state index in [1.807, 2.05) is 37.4 Å². The molecule has 0 spiro atoms. The van der Waals surface area contributed by atoms with Crippen LogP contribution in [0, 0.1) is 5.82 Å². The molecule has 3 N–H and O–H groups in total. The molecule has 2 heterocycles. The number of guanidine groups is 1. The van der Waals surface area contributed by atoms with E-state index in [4.69, 9.17) is 9.47 Å². The number of rotatable bonds is 6. The highest BCUT2D eigenvalue weighted by Gasteiger charge is 2.13. The fraction of sp³-hybridized carbons (Fsp3) is 0.286. The molecule has 0 radical (unpaired) electrons. The Bertz CT molecular complexity index is 1010. The minimum absolute atomic E-state index is 0. The Hall–Kier alpha value is -2.49. The third kappa shape index (κ3) is 5.11. The minimum atomic E-state index is -0.232. The van der Waals surface area contributed by atoms with Crippen LogP contribution in [-0.2, 0) is 13.0 Å². The van der Waals surface area contributed by atoms with E-state index in [1.165, 1.54) is 12.1 Å². The number of aliphatic imine (C=N–C) groups is 1. The van der Waals surface area contributed by atoms with Gasteiger partial charge in [0.05, 0.1) is 6.54 Å². The van der Waals surface area contributed by atoms with Crippen molar-refractivity contribution in [1.29, 1.82) is 0 Å². The van der Waals surface area contributed by atoms with E-state index in [-0.39, 0.29) is 36.6 Å². The first-order valence-electron chi connectivity index (χ1n) is 9.39. The van der Waals surface area contributed by atoms with Crippen LogP contribution in [0.3, 0.4) is 0 Å². The maximum absolute atomic E-state index is 13.3. The Morgan fingerprint density at radius 2 is 2.00 bits per heavy atom. The van der Waals surface area contributed by atoms with Crippen LogP contribution in [0.2, 0.25) is 0 Å². The number of hydrogen-bond donors (Lipinski definition) is 3. The maximum atomic E-state index is 13.3. The molecule has 0 amide bonds. The van der Waals surface area contributed by atoms with Crippen LogP contribution in [0.4, 0.5) is 4.39 Å². The molecule has 2 aromatic carbocycles. The van der Waals surface area contributed by atoms with Crippen LogP contribution in [0.1, 0.15) is 18.1 Å². The van der Waals surface area contributed by atoms with Gasteiger partial charge in [-0.1, -0.05) is 6.07 Å². The van der Waals surface area contributed by atoms with E-state index in [9.17, 15) is 4.39 Å². The van der Waals surface area contributed by atoms with E-state index in [0.717, 1.165) is 59.0 Å². The Labute approximate surface area is 185 Å². The van der Waals surface area contributed by atoms with Crippen LogP contribution in [0.15, 0.2) is 47.6 Å². The molecule has 0 fully saturated rings. The molecule has 8 heteroatoms. The second-order valence-electron chi connectivity index (χ2n) is 6.56. The lowest BCUT2D eigenvalue weighted by molar-refractivity contribution is 0.174. The molecule has 0 saturated carbocycles. The van der Waals surface area contributed by atoms with E-state index >= 15 is 0 Å². The molecule has 4 rings (SSSR count). The van der Waals surface area contributed by atoms with Gasteiger partial charge in [-0.25, -0.2) is 9.38 Å². The number of nitrogens with one attached hydrogen (secondary N) is 3. The second kappa shape index (κ2) is 9.82. The lowest BCUT2D eigenvalue weighted by atomic mass is 10.1. The van der Waals surface area contributed by atoms with Crippen molar-refractivity contribution in [3.05, 3.63) is 59.5 Å². The number of ether oxygens (including phenoxy) is 2. The smallest absolute Gasteiger partial charge is 0.231 e. The fourth-order valence-electron chi connectivity index (χ4n) is 3.23. The highest BCUT2D eigenvalue weighted by atomic mass is 127. The molecular weight excluding hydrogens is 486 g/mol. The Morgan fingerprint density at radius 1 is 1.14 bits per heavy atom. The summed E-state index contributed by atoms with van der Waals surface area (Å²) >= 11 is 0. The van der Waals surface area contributed by atoms with Crippen LogP contribution in [-0.4, -0.2) is 30.8 Å². The summed E-state index contributed by atoms with van der Waals surface area (Å²) in [5.74, 6) is 2.06. The monoisotopic (exact) mass is 510 g/mol. The summed E-state index contributed by atoms with van der Waals surface area (Å²) in [5.41, 5.74) is 3.02. The van der Waals surface area contributed by atoms with Gasteiger partial charge >= 0.3 is 0 Å². The average Bonchev–Trinajstić information content (AvgIpc) is 3.32. The number of halogens is 2. The normalized spacial score (nSPS) is 12.7. The quantitative estimate of drug-likeness (QED) is 0.267. The first-order chi connectivity index (χ1) is 13.7. The first kappa shape index (κ1) is 21.2. The predicted octanol–water partition coefficient (Wildman–Crippen LogP) is 3.95. The number of nitrogens with zero attached hydrogens (tertiary/aromatic N) is 1. The van der Waals surface area contributed by atoms with Gasteiger partial charge in [-0.15, -0.1) is 24.0 Å². The summed E-state index contributed by atoms with van der Waals surface area (Å²) in [6, 6.07) is 10.7. The molecule has 0 aliphatic carbocycles. The van der Waals surface area contributed by atoms with Crippen molar-refractivity contribution in [2.24, 2.45) is 4.99 Å². The van der Waals surface area contributed by atoms with Crippen molar-refractivity contribution >= 4 is 40.8 Å². The van der Waals surface area contributed by atoms with Gasteiger partial charge in [-0.3, -0.25) is 0 Å². The molecule has 0 unspecified atom stereocenters. The summed E-state index contributed by atoms with van der Waals surface area (Å²) in [7, 11) is 0. The second-order valence-corrected chi connectivity index (χ2v) is 6.56. The third-order valence-corrected chi connectivity index (χ3v) is 4.62. The van der Waals surface area contributed by atoms with Gasteiger partial charge in [0, 0.05) is 30.2 Å². The van der Waals surface area contributed by atoms with E-state index in [0.29, 0.717) is 6.54 Å². The molecule has 1 aliphatic rings.